The topological polar surface area (TPSA) is 103 Å². The molecule has 0 radical (unpaired) electrons. The molecule has 0 aromatic heterocycles. The summed E-state index contributed by atoms with van der Waals surface area (Å²) in [7, 11) is 0. The van der Waals surface area contributed by atoms with Crippen LogP contribution in [0.5, 0.6) is 5.75 Å². The molecule has 0 bridgehead atoms. The minimum Gasteiger partial charge on any atom is -0.444 e. The van der Waals surface area contributed by atoms with Gasteiger partial charge in [-0.3, -0.25) is 4.79 Å². The number of hydrogen-bond donors (Lipinski definition) is 2. The maximum atomic E-state index is 13.3. The summed E-state index contributed by atoms with van der Waals surface area (Å²) in [5.74, 6) is -0.0886. The first-order valence-corrected chi connectivity index (χ1v) is 15.4. The maximum Gasteiger partial charge on any atom is 0.514 e. The molecule has 0 unspecified atom stereocenters. The minimum atomic E-state index is -0.912. The zero-order chi connectivity index (χ0) is 31.2. The summed E-state index contributed by atoms with van der Waals surface area (Å²) in [5, 5.41) is 5.60. The minimum absolute atomic E-state index is 0.0627. The lowest BCUT2D eigenvalue weighted by atomic mass is 10.0. The number of hydrogen-bond acceptors (Lipinski definition) is 6. The van der Waals surface area contributed by atoms with Crippen molar-refractivity contribution in [3.05, 3.63) is 94.0 Å². The normalized spacial score (nSPS) is 11.7. The highest BCUT2D eigenvalue weighted by Gasteiger charge is 2.25. The molecule has 3 rings (SSSR count). The summed E-state index contributed by atoms with van der Waals surface area (Å²) in [6.45, 7) is 7.53. The SMILES string of the molecule is CCCCCCc1ccc(NC(=O)[C@H](Cc2ccc(OC(=O)OCc3ccccc3Br)cc2)NC(=O)OC(C)(C)C)cc1. The number of nitrogens with one attached hydrogen (secondary N) is 2. The van der Waals surface area contributed by atoms with E-state index in [1.54, 1.807) is 45.0 Å². The van der Waals surface area contributed by atoms with Crippen molar-refractivity contribution < 1.29 is 28.6 Å². The van der Waals surface area contributed by atoms with Crippen LogP contribution in [-0.2, 0) is 33.7 Å². The van der Waals surface area contributed by atoms with Crippen LogP contribution in [0.1, 0.15) is 70.1 Å². The van der Waals surface area contributed by atoms with E-state index in [1.165, 1.54) is 24.8 Å². The van der Waals surface area contributed by atoms with Gasteiger partial charge in [0, 0.05) is 22.1 Å². The third-order valence-corrected chi connectivity index (χ3v) is 7.19. The molecule has 0 aliphatic carbocycles. The van der Waals surface area contributed by atoms with Crippen LogP contribution in [0.2, 0.25) is 0 Å². The number of halogens is 1. The molecule has 2 N–H and O–H groups in total. The van der Waals surface area contributed by atoms with Crippen molar-refractivity contribution in [2.75, 3.05) is 5.32 Å². The van der Waals surface area contributed by atoms with Crippen LogP contribution >= 0.6 is 15.9 Å². The summed E-state index contributed by atoms with van der Waals surface area (Å²) >= 11 is 3.42. The van der Waals surface area contributed by atoms with E-state index in [2.05, 4.69) is 33.5 Å². The maximum absolute atomic E-state index is 13.3. The number of anilines is 1. The Kier molecular flexibility index (Phi) is 13.1. The molecule has 9 heteroatoms. The third-order valence-electron chi connectivity index (χ3n) is 6.42. The van der Waals surface area contributed by atoms with Crippen molar-refractivity contribution in [1.82, 2.24) is 5.32 Å². The van der Waals surface area contributed by atoms with Gasteiger partial charge >= 0.3 is 12.2 Å². The van der Waals surface area contributed by atoms with Gasteiger partial charge in [-0.1, -0.05) is 84.6 Å². The first-order valence-electron chi connectivity index (χ1n) is 14.6. The highest BCUT2D eigenvalue weighted by molar-refractivity contribution is 9.10. The number of benzene rings is 3. The van der Waals surface area contributed by atoms with Crippen molar-refractivity contribution in [2.45, 2.75) is 84.5 Å². The molecule has 0 saturated heterocycles. The molecule has 0 fully saturated rings. The van der Waals surface area contributed by atoms with Gasteiger partial charge in [0.15, 0.2) is 0 Å². The lowest BCUT2D eigenvalue weighted by Gasteiger charge is -2.23. The number of ether oxygens (including phenoxy) is 3. The summed E-state index contributed by atoms with van der Waals surface area (Å²) in [5.41, 5.74) is 2.70. The van der Waals surface area contributed by atoms with Crippen molar-refractivity contribution in [3.8, 4) is 5.75 Å². The largest absolute Gasteiger partial charge is 0.514 e. The Bertz CT molecular complexity index is 1340. The van der Waals surface area contributed by atoms with Crippen LogP contribution in [0.4, 0.5) is 15.3 Å². The number of unbranched alkanes of at least 4 members (excludes halogenated alkanes) is 3. The van der Waals surface area contributed by atoms with Gasteiger partial charge in [0.05, 0.1) is 0 Å². The Balaban J connectivity index is 1.61. The first-order chi connectivity index (χ1) is 20.5. The summed E-state index contributed by atoms with van der Waals surface area (Å²) in [6.07, 6.45) is 4.43. The smallest absolute Gasteiger partial charge is 0.444 e. The Hall–Kier alpha value is -3.85. The van der Waals surface area contributed by atoms with Gasteiger partial charge in [-0.2, -0.15) is 0 Å². The lowest BCUT2D eigenvalue weighted by molar-refractivity contribution is -0.118. The predicted molar refractivity (Wildman–Crippen MR) is 171 cm³/mol. The summed E-state index contributed by atoms with van der Waals surface area (Å²) < 4.78 is 16.7. The Morgan fingerprint density at radius 3 is 2.19 bits per heavy atom. The first kappa shape index (κ1) is 33.6. The molecule has 0 aliphatic heterocycles. The Morgan fingerprint density at radius 1 is 0.860 bits per heavy atom. The third kappa shape index (κ3) is 12.5. The lowest BCUT2D eigenvalue weighted by Crippen LogP contribution is -2.47. The fourth-order valence-electron chi connectivity index (χ4n) is 4.21. The van der Waals surface area contributed by atoms with E-state index in [0.29, 0.717) is 5.69 Å². The van der Waals surface area contributed by atoms with E-state index in [4.69, 9.17) is 14.2 Å². The summed E-state index contributed by atoms with van der Waals surface area (Å²) in [6, 6.07) is 21.0. The molecule has 2 amide bonds. The van der Waals surface area contributed by atoms with E-state index < -0.39 is 23.9 Å². The standard InChI is InChI=1S/C34H41BrN2O6/c1-5-6-7-8-11-24-14-18-27(19-15-24)36-31(38)30(37-32(39)43-34(2,3)4)22-25-16-20-28(21-17-25)42-33(40)41-23-26-12-9-10-13-29(26)35/h9-10,12-21,30H,5-8,11,22-23H2,1-4H3,(H,36,38)(H,37,39)/t30-/m0/s1. The second-order valence-corrected chi connectivity index (χ2v) is 12.1. The van der Waals surface area contributed by atoms with Crippen molar-refractivity contribution >= 4 is 39.8 Å². The zero-order valence-corrected chi connectivity index (χ0v) is 26.9. The second-order valence-electron chi connectivity index (χ2n) is 11.3. The van der Waals surface area contributed by atoms with E-state index >= 15 is 0 Å². The quantitative estimate of drug-likeness (QED) is 0.109. The zero-order valence-electron chi connectivity index (χ0n) is 25.3. The van der Waals surface area contributed by atoms with Gasteiger partial charge in [-0.05, 0) is 75.1 Å². The fourth-order valence-corrected chi connectivity index (χ4v) is 4.61. The van der Waals surface area contributed by atoms with Crippen molar-refractivity contribution in [1.29, 1.82) is 0 Å². The molecule has 8 nitrogen and oxygen atoms in total. The molecule has 43 heavy (non-hydrogen) atoms. The number of carbonyl (C=O) groups excluding carboxylic acids is 3. The van der Waals surface area contributed by atoms with Gasteiger partial charge in [0.25, 0.3) is 0 Å². The molecule has 3 aromatic rings. The van der Waals surface area contributed by atoms with Gasteiger partial charge in [0.1, 0.15) is 24.0 Å². The number of rotatable bonds is 13. The number of alkyl carbamates (subject to hydrolysis) is 1. The molecule has 230 valence electrons. The molecule has 3 aromatic carbocycles. The van der Waals surface area contributed by atoms with E-state index in [0.717, 1.165) is 28.4 Å². The van der Waals surface area contributed by atoms with Crippen LogP contribution in [-0.4, -0.2) is 29.8 Å². The highest BCUT2D eigenvalue weighted by atomic mass is 79.9. The van der Waals surface area contributed by atoms with Crippen LogP contribution in [0.3, 0.4) is 0 Å². The van der Waals surface area contributed by atoms with Gasteiger partial charge in [-0.25, -0.2) is 9.59 Å². The van der Waals surface area contributed by atoms with Gasteiger partial charge in [0.2, 0.25) is 5.91 Å². The predicted octanol–water partition coefficient (Wildman–Crippen LogP) is 8.36. The average molecular weight is 654 g/mol. The number of aryl methyl sites for hydroxylation is 1. The highest BCUT2D eigenvalue weighted by Crippen LogP contribution is 2.19. The molecule has 1 atom stereocenters. The van der Waals surface area contributed by atoms with Crippen molar-refractivity contribution in [3.63, 3.8) is 0 Å². The summed E-state index contributed by atoms with van der Waals surface area (Å²) in [4.78, 5) is 38.1. The molecular formula is C34H41BrN2O6. The monoisotopic (exact) mass is 652 g/mol. The number of amides is 2. The molecule has 0 spiro atoms. The second kappa shape index (κ2) is 16.7. The van der Waals surface area contributed by atoms with E-state index in [1.807, 2.05) is 48.5 Å². The van der Waals surface area contributed by atoms with Gasteiger partial charge < -0.3 is 24.8 Å². The van der Waals surface area contributed by atoms with Gasteiger partial charge in [-0.15, -0.1) is 0 Å². The molecule has 0 aliphatic rings. The van der Waals surface area contributed by atoms with Crippen LogP contribution in [0.15, 0.2) is 77.3 Å². The van der Waals surface area contributed by atoms with Crippen molar-refractivity contribution in [2.24, 2.45) is 0 Å². The Morgan fingerprint density at radius 2 is 1.53 bits per heavy atom. The fraction of sp³-hybridized carbons (Fsp3) is 0.382. The number of carbonyl (C=O) groups is 3. The van der Waals surface area contributed by atoms with E-state index in [-0.39, 0.29) is 24.7 Å². The average Bonchev–Trinajstić information content (AvgIpc) is 2.95. The Labute approximate surface area is 262 Å². The van der Waals surface area contributed by atoms with Crippen LogP contribution < -0.4 is 15.4 Å². The van der Waals surface area contributed by atoms with Crippen LogP contribution in [0, 0.1) is 0 Å². The molecular weight excluding hydrogens is 612 g/mol. The van der Waals surface area contributed by atoms with Crippen LogP contribution in [0.25, 0.3) is 0 Å². The van der Waals surface area contributed by atoms with E-state index in [9.17, 15) is 14.4 Å². The molecule has 0 heterocycles. The molecule has 0 saturated carbocycles.